The third-order valence-electron chi connectivity index (χ3n) is 6.50. The van der Waals surface area contributed by atoms with Crippen LogP contribution in [0, 0.1) is 11.7 Å². The minimum atomic E-state index is -0.760. The van der Waals surface area contributed by atoms with Crippen molar-refractivity contribution in [2.45, 2.75) is 31.3 Å². The monoisotopic (exact) mass is 461 g/mol. The van der Waals surface area contributed by atoms with Gasteiger partial charge in [0.15, 0.2) is 0 Å². The molecule has 1 amide bonds. The van der Waals surface area contributed by atoms with E-state index in [-0.39, 0.29) is 23.6 Å². The fourth-order valence-corrected chi connectivity index (χ4v) is 4.60. The molecule has 1 saturated carbocycles. The first kappa shape index (κ1) is 21.9. The third-order valence-corrected chi connectivity index (χ3v) is 6.50. The Labute approximate surface area is 196 Å². The van der Waals surface area contributed by atoms with Crippen LogP contribution < -0.4 is 14.8 Å². The van der Waals surface area contributed by atoms with Crippen LogP contribution in [-0.2, 0) is 11.2 Å². The van der Waals surface area contributed by atoms with Crippen LogP contribution >= 0.6 is 0 Å². The van der Waals surface area contributed by atoms with Crippen molar-refractivity contribution in [3.05, 3.63) is 88.7 Å². The highest BCUT2D eigenvalue weighted by Crippen LogP contribution is 2.48. The normalized spacial score (nSPS) is 20.4. The Morgan fingerprint density at radius 2 is 1.71 bits per heavy atom. The summed E-state index contributed by atoms with van der Waals surface area (Å²) in [5.41, 5.74) is 2.78. The smallest absolute Gasteiger partial charge is 0.307 e. The number of fused-ring (bicyclic) bond motifs is 1. The van der Waals surface area contributed by atoms with Crippen molar-refractivity contribution in [2.75, 3.05) is 7.05 Å². The van der Waals surface area contributed by atoms with Crippen molar-refractivity contribution in [3.63, 3.8) is 0 Å². The predicted molar refractivity (Wildman–Crippen MR) is 123 cm³/mol. The van der Waals surface area contributed by atoms with Gasteiger partial charge in [0, 0.05) is 23.7 Å². The van der Waals surface area contributed by atoms with Crippen LogP contribution in [0.15, 0.2) is 60.7 Å². The first-order chi connectivity index (χ1) is 16.4. The van der Waals surface area contributed by atoms with Gasteiger partial charge in [0.1, 0.15) is 29.2 Å². The van der Waals surface area contributed by atoms with Crippen LogP contribution in [-0.4, -0.2) is 24.0 Å². The van der Waals surface area contributed by atoms with E-state index in [1.165, 1.54) is 6.07 Å². The summed E-state index contributed by atoms with van der Waals surface area (Å²) < 4.78 is 26.9. The average molecular weight is 461 g/mol. The number of carboxylic acid groups (broad SMARTS) is 1. The largest absolute Gasteiger partial charge is 0.486 e. The van der Waals surface area contributed by atoms with Crippen LogP contribution in [0.25, 0.3) is 0 Å². The molecule has 3 unspecified atom stereocenters. The number of amides is 1. The molecule has 0 aliphatic heterocycles. The third kappa shape index (κ3) is 4.21. The zero-order valence-electron chi connectivity index (χ0n) is 18.6. The van der Waals surface area contributed by atoms with Crippen molar-refractivity contribution in [1.82, 2.24) is 5.32 Å². The van der Waals surface area contributed by atoms with E-state index >= 15 is 0 Å². The van der Waals surface area contributed by atoms with Crippen LogP contribution in [0.2, 0.25) is 0 Å². The van der Waals surface area contributed by atoms with Crippen LogP contribution in [0.5, 0.6) is 17.2 Å². The van der Waals surface area contributed by atoms with E-state index in [4.69, 9.17) is 14.6 Å². The molecule has 0 heterocycles. The number of carbonyl (C=O) groups is 2. The molecule has 0 spiro atoms. The fourth-order valence-electron chi connectivity index (χ4n) is 4.60. The first-order valence-electron chi connectivity index (χ1n) is 11.2. The molecule has 174 valence electrons. The zero-order chi connectivity index (χ0) is 23.8. The zero-order valence-corrected chi connectivity index (χ0v) is 18.6. The highest BCUT2D eigenvalue weighted by atomic mass is 19.1. The minimum Gasteiger partial charge on any atom is -0.486 e. The molecule has 0 radical (unpaired) electrons. The van der Waals surface area contributed by atoms with E-state index < -0.39 is 12.1 Å². The number of carbonyl (C=O) groups excluding carboxylic acids is 1. The predicted octanol–water partition coefficient (Wildman–Crippen LogP) is 5.23. The Morgan fingerprint density at radius 1 is 1.00 bits per heavy atom. The lowest BCUT2D eigenvalue weighted by atomic mass is 10.1. The van der Waals surface area contributed by atoms with Gasteiger partial charge in [-0.1, -0.05) is 12.1 Å². The fraction of sp³-hybridized carbons (Fsp3) is 0.259. The average Bonchev–Trinajstić information content (AvgIpc) is 3.55. The van der Waals surface area contributed by atoms with Crippen LogP contribution in [0.1, 0.15) is 51.9 Å². The summed E-state index contributed by atoms with van der Waals surface area (Å²) in [5.74, 6) is 0.218. The van der Waals surface area contributed by atoms with Crippen molar-refractivity contribution in [1.29, 1.82) is 0 Å². The molecule has 0 saturated heterocycles. The molecular weight excluding hydrogens is 437 g/mol. The summed E-state index contributed by atoms with van der Waals surface area (Å²) in [6, 6.07) is 17.2. The van der Waals surface area contributed by atoms with Gasteiger partial charge < -0.3 is 19.9 Å². The first-order valence-corrected chi connectivity index (χ1v) is 11.2. The van der Waals surface area contributed by atoms with Gasteiger partial charge in [-0.3, -0.25) is 9.59 Å². The molecule has 3 aromatic rings. The molecule has 3 atom stereocenters. The van der Waals surface area contributed by atoms with Gasteiger partial charge >= 0.3 is 5.97 Å². The minimum absolute atomic E-state index is 0.0568. The molecule has 7 heteroatoms. The Balaban J connectivity index is 1.31. The molecule has 2 aliphatic rings. The lowest BCUT2D eigenvalue weighted by Crippen LogP contribution is -2.17. The number of rotatable bonds is 7. The van der Waals surface area contributed by atoms with Crippen LogP contribution in [0.4, 0.5) is 4.39 Å². The highest BCUT2D eigenvalue weighted by Gasteiger charge is 2.44. The lowest BCUT2D eigenvalue weighted by Gasteiger charge is -2.17. The number of nitrogens with one attached hydrogen (secondary N) is 1. The maximum Gasteiger partial charge on any atom is 0.307 e. The molecule has 2 N–H and O–H groups in total. The summed E-state index contributed by atoms with van der Waals surface area (Å²) >= 11 is 0. The molecule has 34 heavy (non-hydrogen) atoms. The summed E-state index contributed by atoms with van der Waals surface area (Å²) in [6.45, 7) is 0. The Kier molecular flexibility index (Phi) is 5.69. The van der Waals surface area contributed by atoms with Gasteiger partial charge in [-0.25, -0.2) is 4.39 Å². The molecule has 3 aromatic carbocycles. The number of ether oxygens (including phenoxy) is 2. The Bertz CT molecular complexity index is 1240. The number of aliphatic carboxylic acids is 1. The van der Waals surface area contributed by atoms with Crippen LogP contribution in [0.3, 0.4) is 0 Å². The number of halogens is 1. The van der Waals surface area contributed by atoms with E-state index in [1.54, 1.807) is 37.4 Å². The van der Waals surface area contributed by atoms with Gasteiger partial charge in [0.05, 0.1) is 5.92 Å². The Morgan fingerprint density at radius 3 is 2.35 bits per heavy atom. The summed E-state index contributed by atoms with van der Waals surface area (Å²) in [6.07, 6.45) is 1.46. The second-order valence-corrected chi connectivity index (χ2v) is 8.64. The molecule has 1 fully saturated rings. The SMILES string of the molecule is CNC(=O)c1ccc(Oc2ccc(F)c3c2CCC3Oc2ccc(C3CC3C(=O)O)cc2)cc1. The topological polar surface area (TPSA) is 84.9 Å². The van der Waals surface area contributed by atoms with Gasteiger partial charge in [0.25, 0.3) is 5.91 Å². The van der Waals surface area contributed by atoms with Gasteiger partial charge in [-0.05, 0) is 79.3 Å². The van der Waals surface area contributed by atoms with E-state index in [2.05, 4.69) is 5.32 Å². The molecule has 5 rings (SSSR count). The summed E-state index contributed by atoms with van der Waals surface area (Å²) in [4.78, 5) is 22.8. The number of carboxylic acids is 1. The van der Waals surface area contributed by atoms with Gasteiger partial charge in [-0.15, -0.1) is 0 Å². The standard InChI is InChI=1S/C27H24FNO5/c1-29-26(30)16-4-8-17(9-5-16)33-23-13-11-22(28)25-19(23)10-12-24(25)34-18-6-2-15(3-7-18)20-14-21(20)27(31)32/h2-9,11,13,20-21,24H,10,12,14H2,1H3,(H,29,30)(H,31,32). The lowest BCUT2D eigenvalue weighted by molar-refractivity contribution is -0.138. The molecule has 0 bridgehead atoms. The van der Waals surface area contributed by atoms with E-state index in [0.717, 1.165) is 11.1 Å². The Hall–Kier alpha value is -3.87. The number of benzene rings is 3. The van der Waals surface area contributed by atoms with E-state index in [1.807, 2.05) is 24.3 Å². The van der Waals surface area contributed by atoms with Gasteiger partial charge in [0.2, 0.25) is 0 Å². The maximum atomic E-state index is 14.8. The van der Waals surface area contributed by atoms with Crippen molar-refractivity contribution in [3.8, 4) is 17.2 Å². The van der Waals surface area contributed by atoms with E-state index in [0.29, 0.717) is 47.6 Å². The number of hydrogen-bond donors (Lipinski definition) is 2. The molecule has 6 nitrogen and oxygen atoms in total. The molecule has 2 aliphatic carbocycles. The second-order valence-electron chi connectivity index (χ2n) is 8.64. The van der Waals surface area contributed by atoms with Crippen molar-refractivity contribution in [2.24, 2.45) is 5.92 Å². The highest BCUT2D eigenvalue weighted by molar-refractivity contribution is 5.94. The van der Waals surface area contributed by atoms with Gasteiger partial charge in [-0.2, -0.15) is 0 Å². The molecular formula is C27H24FNO5. The van der Waals surface area contributed by atoms with E-state index in [9.17, 15) is 14.0 Å². The maximum absolute atomic E-state index is 14.8. The summed E-state index contributed by atoms with van der Waals surface area (Å²) in [7, 11) is 1.57. The second kappa shape index (κ2) is 8.82. The van der Waals surface area contributed by atoms with Crippen molar-refractivity contribution < 1.29 is 28.6 Å². The molecule has 0 aromatic heterocycles. The number of hydrogen-bond acceptors (Lipinski definition) is 4. The summed E-state index contributed by atoms with van der Waals surface area (Å²) in [5, 5.41) is 11.7. The van der Waals surface area contributed by atoms with Crippen molar-refractivity contribution >= 4 is 11.9 Å². The quantitative estimate of drug-likeness (QED) is 0.503.